The molecular weight excluding hydrogens is 320 g/mol. The Morgan fingerprint density at radius 3 is 2.56 bits per heavy atom. The number of imidazole rings is 1. The van der Waals surface area contributed by atoms with E-state index in [1.165, 1.54) is 7.11 Å². The van der Waals surface area contributed by atoms with Crippen molar-refractivity contribution in [3.63, 3.8) is 0 Å². The van der Waals surface area contributed by atoms with Crippen LogP contribution < -0.4 is 9.47 Å². The van der Waals surface area contributed by atoms with Crippen LogP contribution in [0.4, 0.5) is 0 Å². The van der Waals surface area contributed by atoms with Gasteiger partial charge in [0.05, 0.1) is 36.9 Å². The maximum Gasteiger partial charge on any atom is 0.337 e. The molecule has 0 fully saturated rings. The molecule has 0 aliphatic rings. The highest BCUT2D eigenvalue weighted by atomic mass is 16.5. The van der Waals surface area contributed by atoms with Gasteiger partial charge in [-0.15, -0.1) is 0 Å². The number of fused-ring (bicyclic) bond motifs is 1. The summed E-state index contributed by atoms with van der Waals surface area (Å²) in [6.45, 7) is 3.93. The molecule has 0 aliphatic carbocycles. The Bertz CT molecular complexity index is 915. The maximum atomic E-state index is 11.7. The second-order valence-electron chi connectivity index (χ2n) is 5.84. The molecule has 0 atom stereocenters. The van der Waals surface area contributed by atoms with E-state index < -0.39 is 0 Å². The molecule has 3 aromatic rings. The number of hydrogen-bond acceptors (Lipinski definition) is 5. The number of nitrogens with one attached hydrogen (secondary N) is 1. The lowest BCUT2D eigenvalue weighted by molar-refractivity contribution is 0.0601. The molecule has 0 spiro atoms. The van der Waals surface area contributed by atoms with E-state index in [1.54, 1.807) is 25.3 Å². The van der Waals surface area contributed by atoms with Crippen molar-refractivity contribution in [3.05, 3.63) is 42.0 Å². The zero-order valence-electron chi connectivity index (χ0n) is 14.6. The lowest BCUT2D eigenvalue weighted by Crippen LogP contribution is -2.06. The summed E-state index contributed by atoms with van der Waals surface area (Å²) in [6, 6.07) is 10.9. The highest BCUT2D eigenvalue weighted by molar-refractivity contribution is 5.94. The monoisotopic (exact) mass is 340 g/mol. The van der Waals surface area contributed by atoms with Crippen molar-refractivity contribution in [3.8, 4) is 22.9 Å². The SMILES string of the molecule is COC(=O)c1ccc2nc(-c3ccc(OC(C)C)c(OC)c3)[nH]c2c1. The number of ether oxygens (including phenoxy) is 3. The van der Waals surface area contributed by atoms with Gasteiger partial charge < -0.3 is 19.2 Å². The minimum atomic E-state index is -0.380. The van der Waals surface area contributed by atoms with Gasteiger partial charge in [-0.05, 0) is 50.2 Å². The summed E-state index contributed by atoms with van der Waals surface area (Å²) in [6.07, 6.45) is 0.0580. The number of aromatic nitrogens is 2. The van der Waals surface area contributed by atoms with Crippen LogP contribution >= 0.6 is 0 Å². The van der Waals surface area contributed by atoms with Crippen LogP contribution in [0.15, 0.2) is 36.4 Å². The third kappa shape index (κ3) is 3.42. The largest absolute Gasteiger partial charge is 0.493 e. The van der Waals surface area contributed by atoms with Crippen molar-refractivity contribution in [2.75, 3.05) is 14.2 Å². The second kappa shape index (κ2) is 6.84. The van der Waals surface area contributed by atoms with Gasteiger partial charge in [-0.1, -0.05) is 0 Å². The van der Waals surface area contributed by atoms with E-state index in [4.69, 9.17) is 14.2 Å². The lowest BCUT2D eigenvalue weighted by Gasteiger charge is -2.14. The molecule has 0 aliphatic heterocycles. The topological polar surface area (TPSA) is 73.4 Å². The zero-order valence-corrected chi connectivity index (χ0v) is 14.6. The van der Waals surface area contributed by atoms with Gasteiger partial charge in [-0.3, -0.25) is 0 Å². The van der Waals surface area contributed by atoms with Crippen molar-refractivity contribution >= 4 is 17.0 Å². The molecule has 2 aromatic carbocycles. The number of rotatable bonds is 5. The summed E-state index contributed by atoms with van der Waals surface area (Å²) in [5.74, 6) is 1.63. The molecule has 1 N–H and O–H groups in total. The predicted octanol–water partition coefficient (Wildman–Crippen LogP) is 3.81. The van der Waals surface area contributed by atoms with Crippen LogP contribution in [0.1, 0.15) is 24.2 Å². The molecule has 130 valence electrons. The minimum Gasteiger partial charge on any atom is -0.493 e. The Hall–Kier alpha value is -3.02. The van der Waals surface area contributed by atoms with Crippen molar-refractivity contribution in [1.82, 2.24) is 9.97 Å². The van der Waals surface area contributed by atoms with Crippen LogP contribution in [-0.4, -0.2) is 36.3 Å². The summed E-state index contributed by atoms with van der Waals surface area (Å²) >= 11 is 0. The molecule has 25 heavy (non-hydrogen) atoms. The van der Waals surface area contributed by atoms with Crippen LogP contribution in [0.2, 0.25) is 0 Å². The van der Waals surface area contributed by atoms with Gasteiger partial charge in [-0.2, -0.15) is 0 Å². The molecule has 0 amide bonds. The van der Waals surface area contributed by atoms with Crippen LogP contribution in [0.3, 0.4) is 0 Å². The minimum absolute atomic E-state index is 0.0580. The molecule has 0 bridgehead atoms. The molecule has 1 heterocycles. The maximum absolute atomic E-state index is 11.7. The first-order valence-electron chi connectivity index (χ1n) is 7.95. The first-order valence-corrected chi connectivity index (χ1v) is 7.95. The summed E-state index contributed by atoms with van der Waals surface area (Å²) < 4.78 is 15.9. The molecule has 1 aromatic heterocycles. The average Bonchev–Trinajstić information content (AvgIpc) is 3.04. The van der Waals surface area contributed by atoms with E-state index in [9.17, 15) is 4.79 Å². The summed E-state index contributed by atoms with van der Waals surface area (Å²) in [5.41, 5.74) is 2.87. The van der Waals surface area contributed by atoms with Crippen LogP contribution in [0.25, 0.3) is 22.4 Å². The highest BCUT2D eigenvalue weighted by Gasteiger charge is 2.13. The highest BCUT2D eigenvalue weighted by Crippen LogP contribution is 2.33. The van der Waals surface area contributed by atoms with Gasteiger partial charge >= 0.3 is 5.97 Å². The van der Waals surface area contributed by atoms with Crippen molar-refractivity contribution < 1.29 is 19.0 Å². The van der Waals surface area contributed by atoms with E-state index >= 15 is 0 Å². The number of methoxy groups -OCH3 is 2. The van der Waals surface area contributed by atoms with Gasteiger partial charge in [0.15, 0.2) is 11.5 Å². The zero-order chi connectivity index (χ0) is 18.0. The van der Waals surface area contributed by atoms with Crippen LogP contribution in [0.5, 0.6) is 11.5 Å². The summed E-state index contributed by atoms with van der Waals surface area (Å²) in [7, 11) is 2.96. The molecule has 0 radical (unpaired) electrons. The fourth-order valence-corrected chi connectivity index (χ4v) is 2.56. The Morgan fingerprint density at radius 1 is 1.08 bits per heavy atom. The number of aromatic amines is 1. The van der Waals surface area contributed by atoms with E-state index in [0.29, 0.717) is 22.9 Å². The first kappa shape index (κ1) is 16.8. The predicted molar refractivity (Wildman–Crippen MR) is 95.2 cm³/mol. The average molecular weight is 340 g/mol. The quantitative estimate of drug-likeness (QED) is 0.715. The van der Waals surface area contributed by atoms with Crippen LogP contribution in [-0.2, 0) is 4.74 Å². The van der Waals surface area contributed by atoms with Crippen molar-refractivity contribution in [2.45, 2.75) is 20.0 Å². The normalized spacial score (nSPS) is 10.9. The molecule has 0 unspecified atom stereocenters. The Balaban J connectivity index is 1.99. The van der Waals surface area contributed by atoms with Crippen LogP contribution in [0, 0.1) is 0 Å². The lowest BCUT2D eigenvalue weighted by atomic mass is 10.2. The van der Waals surface area contributed by atoms with Gasteiger partial charge in [0, 0.05) is 5.56 Å². The van der Waals surface area contributed by atoms with E-state index in [0.717, 1.165) is 16.6 Å². The molecule has 3 rings (SSSR count). The molecular formula is C19H20N2O4. The Kier molecular flexibility index (Phi) is 4.61. The number of carbonyl (C=O) groups excluding carboxylic acids is 1. The van der Waals surface area contributed by atoms with E-state index in [2.05, 4.69) is 9.97 Å². The van der Waals surface area contributed by atoms with Gasteiger partial charge in [0.25, 0.3) is 0 Å². The van der Waals surface area contributed by atoms with E-state index in [1.807, 2.05) is 32.0 Å². The number of H-pyrrole nitrogens is 1. The number of esters is 1. The third-order valence-corrected chi connectivity index (χ3v) is 3.70. The fraction of sp³-hybridized carbons (Fsp3) is 0.263. The number of nitrogens with zero attached hydrogens (tertiary/aromatic N) is 1. The van der Waals surface area contributed by atoms with Crippen molar-refractivity contribution in [2.24, 2.45) is 0 Å². The molecule has 6 nitrogen and oxygen atoms in total. The summed E-state index contributed by atoms with van der Waals surface area (Å²) in [5, 5.41) is 0. The number of hydrogen-bond donors (Lipinski definition) is 1. The van der Waals surface area contributed by atoms with Gasteiger partial charge in [0.2, 0.25) is 0 Å². The Labute approximate surface area is 145 Å². The first-order chi connectivity index (χ1) is 12.0. The fourth-order valence-electron chi connectivity index (χ4n) is 2.56. The summed E-state index contributed by atoms with van der Waals surface area (Å²) in [4.78, 5) is 19.5. The molecule has 6 heteroatoms. The van der Waals surface area contributed by atoms with Gasteiger partial charge in [-0.25, -0.2) is 9.78 Å². The standard InChI is InChI=1S/C19H20N2O4/c1-11(2)25-16-8-6-12(10-17(16)23-3)18-20-14-7-5-13(19(22)24-4)9-15(14)21-18/h5-11H,1-4H3,(H,20,21). The third-order valence-electron chi connectivity index (χ3n) is 3.70. The van der Waals surface area contributed by atoms with Crippen molar-refractivity contribution in [1.29, 1.82) is 0 Å². The number of benzene rings is 2. The molecule has 0 saturated heterocycles. The van der Waals surface area contributed by atoms with Gasteiger partial charge in [0.1, 0.15) is 5.82 Å². The smallest absolute Gasteiger partial charge is 0.337 e. The second-order valence-corrected chi connectivity index (χ2v) is 5.84. The number of carbonyl (C=O) groups is 1. The molecule has 0 saturated carbocycles. The Morgan fingerprint density at radius 2 is 1.88 bits per heavy atom. The van der Waals surface area contributed by atoms with E-state index in [-0.39, 0.29) is 12.1 Å².